The highest BCUT2D eigenvalue weighted by Gasteiger charge is 2.43. The van der Waals surface area contributed by atoms with Crippen LogP contribution in [0.5, 0.6) is 0 Å². The van der Waals surface area contributed by atoms with E-state index in [-0.39, 0.29) is 6.29 Å². The summed E-state index contributed by atoms with van der Waals surface area (Å²) in [7, 11) is 0.732. The minimum absolute atomic E-state index is 0.0748. The van der Waals surface area contributed by atoms with E-state index in [9.17, 15) is 0 Å². The summed E-state index contributed by atoms with van der Waals surface area (Å²) in [5.41, 5.74) is 0. The first kappa shape index (κ1) is 20.3. The molecule has 0 fully saturated rings. The summed E-state index contributed by atoms with van der Waals surface area (Å²) >= 11 is 0. The molecule has 0 aliphatic carbocycles. The maximum Gasteiger partial charge on any atom is 0.167 e. The van der Waals surface area contributed by atoms with Crippen LogP contribution in [-0.4, -0.2) is 37.7 Å². The summed E-state index contributed by atoms with van der Waals surface area (Å²) < 4.78 is 11.5. The van der Waals surface area contributed by atoms with Crippen LogP contribution in [0.2, 0.25) is 0 Å². The molecule has 0 aliphatic rings. The van der Waals surface area contributed by atoms with Gasteiger partial charge in [0.25, 0.3) is 0 Å². The highest BCUT2D eigenvalue weighted by molar-refractivity contribution is 7.76. The number of rotatable bonds is 13. The van der Waals surface area contributed by atoms with E-state index in [1.807, 2.05) is 6.92 Å². The van der Waals surface area contributed by atoms with Crippen LogP contribution in [0.25, 0.3) is 0 Å². The summed E-state index contributed by atoms with van der Waals surface area (Å²) in [6.45, 7) is 11.2. The zero-order valence-electron chi connectivity index (χ0n) is 14.8. The van der Waals surface area contributed by atoms with Crippen LogP contribution in [0.3, 0.4) is 0 Å². The molecule has 0 saturated heterocycles. The molecule has 0 N–H and O–H groups in total. The number of unbranched alkanes of at least 4 members (excludes halogenated alkanes) is 3. The second-order valence-electron chi connectivity index (χ2n) is 5.99. The van der Waals surface area contributed by atoms with Gasteiger partial charge >= 0.3 is 0 Å². The molecule has 2 atom stereocenters. The number of hydrogen-bond acceptors (Lipinski definition) is 2. The summed E-state index contributed by atoms with van der Waals surface area (Å²) in [4.78, 5) is 0. The van der Waals surface area contributed by atoms with Crippen molar-refractivity contribution in [3.8, 4) is 0 Å². The molecule has 2 nitrogen and oxygen atoms in total. The maximum atomic E-state index is 6.18. The second-order valence-corrected chi connectivity index (χ2v) is 10.5. The summed E-state index contributed by atoms with van der Waals surface area (Å²) in [5, 5.41) is 0. The maximum absolute atomic E-state index is 6.18. The second kappa shape index (κ2) is 12.0. The minimum atomic E-state index is -1.01. The predicted octanol–water partition coefficient (Wildman–Crippen LogP) is 5.76. The standard InChI is InChI=1S/C17H38O2P/c1-7-10-13-20(14-11-8-2,15-12-9-3)17(5)19-16(4)18-6/h16-17H,7-15H2,1-6H3/q+1. The number of hydrogen-bond donors (Lipinski definition) is 0. The van der Waals surface area contributed by atoms with Crippen molar-refractivity contribution in [3.63, 3.8) is 0 Å². The van der Waals surface area contributed by atoms with E-state index in [1.54, 1.807) is 7.11 Å². The number of methoxy groups -OCH3 is 1. The average Bonchev–Trinajstić information content (AvgIpc) is 2.46. The third-order valence-corrected chi connectivity index (χ3v) is 9.65. The molecular formula is C17H38O2P+. The first-order valence-electron chi connectivity index (χ1n) is 8.60. The van der Waals surface area contributed by atoms with Crippen molar-refractivity contribution in [2.45, 2.75) is 85.3 Å². The van der Waals surface area contributed by atoms with Crippen molar-refractivity contribution in [1.29, 1.82) is 0 Å². The van der Waals surface area contributed by atoms with E-state index in [1.165, 1.54) is 57.0 Å². The lowest BCUT2D eigenvalue weighted by atomic mass is 10.4. The summed E-state index contributed by atoms with van der Waals surface area (Å²) in [6, 6.07) is 0. The first-order valence-corrected chi connectivity index (χ1v) is 11.0. The Labute approximate surface area is 128 Å². The van der Waals surface area contributed by atoms with E-state index < -0.39 is 7.26 Å². The molecule has 0 amide bonds. The third kappa shape index (κ3) is 7.38. The summed E-state index contributed by atoms with van der Waals surface area (Å²) in [6.07, 6.45) is 12.1. The number of ether oxygens (including phenoxy) is 2. The Morgan fingerprint density at radius 1 is 0.800 bits per heavy atom. The smallest absolute Gasteiger partial charge is 0.167 e. The molecule has 0 saturated carbocycles. The molecule has 0 aromatic carbocycles. The molecule has 2 unspecified atom stereocenters. The largest absolute Gasteiger partial charge is 0.356 e. The predicted molar refractivity (Wildman–Crippen MR) is 93.3 cm³/mol. The minimum Gasteiger partial charge on any atom is -0.356 e. The van der Waals surface area contributed by atoms with Crippen LogP contribution >= 0.6 is 7.26 Å². The molecule has 0 radical (unpaired) electrons. The van der Waals surface area contributed by atoms with E-state index in [2.05, 4.69) is 27.7 Å². The molecule has 0 aliphatic heterocycles. The molecular weight excluding hydrogens is 267 g/mol. The average molecular weight is 305 g/mol. The molecule has 0 aromatic rings. The van der Waals surface area contributed by atoms with Crippen LogP contribution in [-0.2, 0) is 9.47 Å². The van der Waals surface area contributed by atoms with Gasteiger partial charge in [0.2, 0.25) is 0 Å². The van der Waals surface area contributed by atoms with Gasteiger partial charge in [-0.3, -0.25) is 0 Å². The van der Waals surface area contributed by atoms with Crippen LogP contribution in [0.1, 0.15) is 73.1 Å². The Morgan fingerprint density at radius 3 is 1.50 bits per heavy atom. The Kier molecular flexibility index (Phi) is 12.2. The lowest BCUT2D eigenvalue weighted by Gasteiger charge is -2.34. The van der Waals surface area contributed by atoms with Crippen molar-refractivity contribution in [2.75, 3.05) is 25.6 Å². The van der Waals surface area contributed by atoms with Gasteiger partial charge in [0.1, 0.15) is 0 Å². The fourth-order valence-electron chi connectivity index (χ4n) is 2.76. The molecule has 0 rings (SSSR count). The Bertz CT molecular complexity index is 199. The highest BCUT2D eigenvalue weighted by atomic mass is 31.2. The monoisotopic (exact) mass is 305 g/mol. The van der Waals surface area contributed by atoms with Gasteiger partial charge in [0, 0.05) is 14.4 Å². The Hall–Kier alpha value is 0.350. The fourth-order valence-corrected chi connectivity index (χ4v) is 7.79. The molecule has 0 heterocycles. The van der Waals surface area contributed by atoms with E-state index in [4.69, 9.17) is 9.47 Å². The van der Waals surface area contributed by atoms with E-state index >= 15 is 0 Å². The van der Waals surface area contributed by atoms with Gasteiger partial charge in [-0.25, -0.2) is 0 Å². The van der Waals surface area contributed by atoms with Crippen LogP contribution in [0.15, 0.2) is 0 Å². The van der Waals surface area contributed by atoms with Crippen LogP contribution < -0.4 is 0 Å². The van der Waals surface area contributed by atoms with E-state index in [0.717, 1.165) is 0 Å². The molecule has 0 aromatic heterocycles. The first-order chi connectivity index (χ1) is 9.56. The van der Waals surface area contributed by atoms with Gasteiger partial charge in [-0.05, 0) is 33.1 Å². The topological polar surface area (TPSA) is 18.5 Å². The zero-order chi connectivity index (χ0) is 15.4. The summed E-state index contributed by atoms with van der Waals surface area (Å²) in [5.74, 6) is 0.391. The van der Waals surface area contributed by atoms with E-state index in [0.29, 0.717) is 5.85 Å². The lowest BCUT2D eigenvalue weighted by Crippen LogP contribution is -2.26. The molecule has 0 spiro atoms. The van der Waals surface area contributed by atoms with Gasteiger partial charge in [-0.2, -0.15) is 0 Å². The molecule has 0 bridgehead atoms. The SMILES string of the molecule is CCCC[P+](CCCC)(CCCC)C(C)OC(C)OC. The van der Waals surface area contributed by atoms with Gasteiger partial charge in [-0.1, -0.05) is 40.0 Å². The lowest BCUT2D eigenvalue weighted by molar-refractivity contribution is -0.118. The van der Waals surface area contributed by atoms with Gasteiger partial charge < -0.3 is 9.47 Å². The molecule has 20 heavy (non-hydrogen) atoms. The van der Waals surface area contributed by atoms with Crippen LogP contribution in [0.4, 0.5) is 0 Å². The zero-order valence-corrected chi connectivity index (χ0v) is 15.7. The fraction of sp³-hybridized carbons (Fsp3) is 1.00. The molecule has 122 valence electrons. The van der Waals surface area contributed by atoms with Gasteiger partial charge in [0.15, 0.2) is 12.1 Å². The van der Waals surface area contributed by atoms with Gasteiger partial charge in [0.05, 0.1) is 18.5 Å². The van der Waals surface area contributed by atoms with Crippen molar-refractivity contribution < 1.29 is 9.47 Å². The quantitative estimate of drug-likeness (QED) is 0.318. The van der Waals surface area contributed by atoms with Crippen molar-refractivity contribution in [2.24, 2.45) is 0 Å². The van der Waals surface area contributed by atoms with Crippen molar-refractivity contribution in [1.82, 2.24) is 0 Å². The Morgan fingerprint density at radius 2 is 1.20 bits per heavy atom. The third-order valence-electron chi connectivity index (χ3n) is 4.36. The Balaban J connectivity index is 4.89. The van der Waals surface area contributed by atoms with Gasteiger partial charge in [-0.15, -0.1) is 0 Å². The highest BCUT2D eigenvalue weighted by Crippen LogP contribution is 2.65. The molecule has 3 heteroatoms. The van der Waals surface area contributed by atoms with Crippen LogP contribution in [0, 0.1) is 0 Å². The van der Waals surface area contributed by atoms with Crippen molar-refractivity contribution in [3.05, 3.63) is 0 Å². The van der Waals surface area contributed by atoms with Crippen molar-refractivity contribution >= 4 is 7.26 Å². The normalized spacial score (nSPS) is 15.3.